The lowest BCUT2D eigenvalue weighted by molar-refractivity contribution is 0.0662. The van der Waals surface area contributed by atoms with Crippen molar-refractivity contribution in [1.29, 1.82) is 0 Å². The van der Waals surface area contributed by atoms with E-state index in [1.807, 2.05) is 0 Å². The second-order valence-corrected chi connectivity index (χ2v) is 5.08. The molecule has 0 saturated carbocycles. The Bertz CT molecular complexity index is 456. The van der Waals surface area contributed by atoms with Gasteiger partial charge in [-0.2, -0.15) is 4.98 Å². The van der Waals surface area contributed by atoms with Crippen molar-refractivity contribution in [3.8, 4) is 0 Å². The van der Waals surface area contributed by atoms with Gasteiger partial charge >= 0.3 is 0 Å². The van der Waals surface area contributed by atoms with Crippen molar-refractivity contribution in [3.05, 3.63) is 11.7 Å². The smallest absolute Gasteiger partial charge is 0.295 e. The Morgan fingerprint density at radius 2 is 2.37 bits per heavy atom. The predicted molar refractivity (Wildman–Crippen MR) is 65.4 cm³/mol. The Balaban J connectivity index is 1.73. The summed E-state index contributed by atoms with van der Waals surface area (Å²) in [5, 5.41) is 16.3. The molecule has 7 heteroatoms. The summed E-state index contributed by atoms with van der Waals surface area (Å²) in [5.74, 6) is 0.342. The summed E-state index contributed by atoms with van der Waals surface area (Å²) in [7, 11) is 0. The average molecular weight is 266 g/mol. The standard InChI is InChI=1S/C12H18N4O3/c17-7-8-3-2-6-16(8)12(18)10-14-11(19-15-10)9-4-1-5-13-9/h8-9,13,17H,1-7H2. The van der Waals surface area contributed by atoms with Gasteiger partial charge in [0.1, 0.15) is 0 Å². The second-order valence-electron chi connectivity index (χ2n) is 5.08. The van der Waals surface area contributed by atoms with Gasteiger partial charge in [0.25, 0.3) is 11.7 Å². The van der Waals surface area contributed by atoms with E-state index in [2.05, 4.69) is 15.5 Å². The molecule has 2 saturated heterocycles. The minimum Gasteiger partial charge on any atom is -0.394 e. The number of aromatic nitrogens is 2. The van der Waals surface area contributed by atoms with Gasteiger partial charge in [-0.25, -0.2) is 0 Å². The minimum atomic E-state index is -0.246. The molecule has 0 bridgehead atoms. The monoisotopic (exact) mass is 266 g/mol. The van der Waals surface area contributed by atoms with Crippen LogP contribution in [0.25, 0.3) is 0 Å². The summed E-state index contributed by atoms with van der Waals surface area (Å²) in [4.78, 5) is 18.1. The topological polar surface area (TPSA) is 91.5 Å². The predicted octanol–water partition coefficient (Wildman–Crippen LogP) is 0.0910. The number of aliphatic hydroxyl groups is 1. The third-order valence-corrected chi connectivity index (χ3v) is 3.84. The SMILES string of the molecule is O=C(c1noc(C2CCCN2)n1)N1CCCC1CO. The fraction of sp³-hybridized carbons (Fsp3) is 0.750. The van der Waals surface area contributed by atoms with E-state index in [-0.39, 0.29) is 30.4 Å². The van der Waals surface area contributed by atoms with Crippen LogP contribution in [-0.2, 0) is 0 Å². The van der Waals surface area contributed by atoms with E-state index >= 15 is 0 Å². The first-order valence-corrected chi connectivity index (χ1v) is 6.78. The van der Waals surface area contributed by atoms with Crippen LogP contribution in [0.3, 0.4) is 0 Å². The fourth-order valence-electron chi connectivity index (χ4n) is 2.78. The zero-order valence-corrected chi connectivity index (χ0v) is 10.7. The number of likely N-dealkylation sites (tertiary alicyclic amines) is 1. The molecule has 19 heavy (non-hydrogen) atoms. The highest BCUT2D eigenvalue weighted by Gasteiger charge is 2.32. The lowest BCUT2D eigenvalue weighted by Crippen LogP contribution is -2.38. The Hall–Kier alpha value is -1.47. The summed E-state index contributed by atoms with van der Waals surface area (Å²) in [6, 6.07) is -0.0414. The van der Waals surface area contributed by atoms with Crippen LogP contribution in [0.4, 0.5) is 0 Å². The molecule has 2 N–H and O–H groups in total. The van der Waals surface area contributed by atoms with E-state index in [9.17, 15) is 9.90 Å². The van der Waals surface area contributed by atoms with Gasteiger partial charge in [-0.15, -0.1) is 0 Å². The molecule has 0 aromatic carbocycles. The maximum absolute atomic E-state index is 12.3. The number of hydrogen-bond donors (Lipinski definition) is 2. The van der Waals surface area contributed by atoms with Crippen LogP contribution in [0.2, 0.25) is 0 Å². The molecular formula is C12H18N4O3. The van der Waals surface area contributed by atoms with Crippen LogP contribution in [0.5, 0.6) is 0 Å². The van der Waals surface area contributed by atoms with Crippen LogP contribution >= 0.6 is 0 Å². The Morgan fingerprint density at radius 1 is 1.47 bits per heavy atom. The zero-order chi connectivity index (χ0) is 13.2. The van der Waals surface area contributed by atoms with Gasteiger partial charge in [-0.05, 0) is 32.2 Å². The highest BCUT2D eigenvalue weighted by atomic mass is 16.5. The number of nitrogens with zero attached hydrogens (tertiary/aromatic N) is 3. The Kier molecular flexibility index (Phi) is 3.48. The van der Waals surface area contributed by atoms with Crippen molar-refractivity contribution in [2.45, 2.75) is 37.8 Å². The summed E-state index contributed by atoms with van der Waals surface area (Å²) in [5.41, 5.74) is 0. The number of nitrogens with one attached hydrogen (secondary N) is 1. The quantitative estimate of drug-likeness (QED) is 0.805. The highest BCUT2D eigenvalue weighted by Crippen LogP contribution is 2.23. The molecule has 2 unspecified atom stereocenters. The summed E-state index contributed by atoms with van der Waals surface area (Å²) in [6.45, 7) is 1.57. The molecule has 0 spiro atoms. The lowest BCUT2D eigenvalue weighted by atomic mass is 10.2. The molecule has 7 nitrogen and oxygen atoms in total. The average Bonchev–Trinajstić information content (AvgIpc) is 3.16. The molecule has 2 aliphatic rings. The summed E-state index contributed by atoms with van der Waals surface area (Å²) in [6.07, 6.45) is 3.77. The van der Waals surface area contributed by atoms with E-state index in [0.717, 1.165) is 32.2 Å². The first kappa shape index (κ1) is 12.6. The highest BCUT2D eigenvalue weighted by molar-refractivity contribution is 5.90. The molecule has 0 radical (unpaired) electrons. The van der Waals surface area contributed by atoms with E-state index in [0.29, 0.717) is 12.4 Å². The van der Waals surface area contributed by atoms with Crippen molar-refractivity contribution in [3.63, 3.8) is 0 Å². The molecule has 1 aromatic heterocycles. The number of carbonyl (C=O) groups excluding carboxylic acids is 1. The van der Waals surface area contributed by atoms with E-state index in [1.165, 1.54) is 0 Å². The van der Waals surface area contributed by atoms with Gasteiger partial charge in [0.2, 0.25) is 5.89 Å². The summed E-state index contributed by atoms with van der Waals surface area (Å²) < 4.78 is 5.16. The molecule has 0 aliphatic carbocycles. The van der Waals surface area contributed by atoms with Gasteiger partial charge < -0.3 is 19.8 Å². The number of hydrogen-bond acceptors (Lipinski definition) is 6. The minimum absolute atomic E-state index is 0.0133. The maximum atomic E-state index is 12.3. The number of carbonyl (C=O) groups is 1. The molecule has 2 aliphatic heterocycles. The van der Waals surface area contributed by atoms with Gasteiger partial charge in [-0.3, -0.25) is 4.79 Å². The maximum Gasteiger partial charge on any atom is 0.295 e. The molecule has 1 amide bonds. The molecule has 3 heterocycles. The van der Waals surface area contributed by atoms with E-state index in [4.69, 9.17) is 4.52 Å². The largest absolute Gasteiger partial charge is 0.394 e. The van der Waals surface area contributed by atoms with E-state index in [1.54, 1.807) is 4.90 Å². The van der Waals surface area contributed by atoms with Crippen molar-refractivity contribution in [2.24, 2.45) is 0 Å². The van der Waals surface area contributed by atoms with Crippen LogP contribution < -0.4 is 5.32 Å². The van der Waals surface area contributed by atoms with Crippen LogP contribution in [0.1, 0.15) is 48.2 Å². The summed E-state index contributed by atoms with van der Waals surface area (Å²) >= 11 is 0. The second kappa shape index (κ2) is 5.26. The molecular weight excluding hydrogens is 248 g/mol. The number of aliphatic hydroxyl groups excluding tert-OH is 1. The van der Waals surface area contributed by atoms with Gasteiger partial charge in [0.15, 0.2) is 0 Å². The third kappa shape index (κ3) is 2.35. The van der Waals surface area contributed by atoms with Crippen LogP contribution in [-0.4, -0.2) is 51.8 Å². The van der Waals surface area contributed by atoms with Gasteiger partial charge in [0.05, 0.1) is 18.7 Å². The van der Waals surface area contributed by atoms with Crippen molar-refractivity contribution in [1.82, 2.24) is 20.4 Å². The van der Waals surface area contributed by atoms with Crippen LogP contribution in [0, 0.1) is 0 Å². The molecule has 1 aromatic rings. The lowest BCUT2D eigenvalue weighted by Gasteiger charge is -2.20. The van der Waals surface area contributed by atoms with Gasteiger partial charge in [0, 0.05) is 6.54 Å². The molecule has 104 valence electrons. The Labute approximate surface area is 111 Å². The van der Waals surface area contributed by atoms with E-state index < -0.39 is 0 Å². The van der Waals surface area contributed by atoms with Crippen molar-refractivity contribution in [2.75, 3.05) is 19.7 Å². The molecule has 2 atom stereocenters. The first-order chi connectivity index (χ1) is 9.29. The number of rotatable bonds is 3. The first-order valence-electron chi connectivity index (χ1n) is 6.78. The molecule has 3 rings (SSSR count). The number of amides is 1. The Morgan fingerprint density at radius 3 is 3.11 bits per heavy atom. The van der Waals surface area contributed by atoms with Crippen molar-refractivity contribution < 1.29 is 14.4 Å². The fourth-order valence-corrected chi connectivity index (χ4v) is 2.78. The zero-order valence-electron chi connectivity index (χ0n) is 10.7. The normalized spacial score (nSPS) is 27.1. The van der Waals surface area contributed by atoms with Gasteiger partial charge in [-0.1, -0.05) is 5.16 Å². The van der Waals surface area contributed by atoms with Crippen LogP contribution in [0.15, 0.2) is 4.52 Å². The molecule has 2 fully saturated rings. The van der Waals surface area contributed by atoms with Crippen molar-refractivity contribution >= 4 is 5.91 Å². The third-order valence-electron chi connectivity index (χ3n) is 3.84.